The molecule has 0 fully saturated rings. The van der Waals surface area contributed by atoms with Gasteiger partial charge in [-0.15, -0.1) is 0 Å². The first-order valence-electron chi connectivity index (χ1n) is 12.9. The largest absolute Gasteiger partial charge is 0.494 e. The van der Waals surface area contributed by atoms with Crippen LogP contribution in [0.3, 0.4) is 0 Å². The van der Waals surface area contributed by atoms with Gasteiger partial charge in [0.1, 0.15) is 5.75 Å². The Balaban J connectivity index is 1.30. The van der Waals surface area contributed by atoms with Crippen LogP contribution in [0, 0.1) is 10.1 Å². The van der Waals surface area contributed by atoms with Crippen LogP contribution in [0.2, 0.25) is 0 Å². The summed E-state index contributed by atoms with van der Waals surface area (Å²) in [5, 5.41) is 10.8. The maximum Gasteiger partial charge on any atom is 0.269 e. The van der Waals surface area contributed by atoms with Gasteiger partial charge in [0.2, 0.25) is 0 Å². The number of nitro groups is 1. The van der Waals surface area contributed by atoms with Gasteiger partial charge in [-0.25, -0.2) is 0 Å². The van der Waals surface area contributed by atoms with Crippen molar-refractivity contribution in [3.8, 4) is 16.9 Å². The Labute approximate surface area is 223 Å². The van der Waals surface area contributed by atoms with Crippen LogP contribution >= 0.6 is 0 Å². The molecule has 2 heterocycles. The van der Waals surface area contributed by atoms with Crippen LogP contribution in [0.25, 0.3) is 35.4 Å². The molecule has 0 saturated heterocycles. The van der Waals surface area contributed by atoms with Gasteiger partial charge in [-0.2, -0.15) is 0 Å². The number of hydrogen-bond acceptors (Lipinski definition) is 5. The van der Waals surface area contributed by atoms with E-state index >= 15 is 0 Å². The molecule has 4 rings (SSSR count). The molecule has 4 aromatic rings. The van der Waals surface area contributed by atoms with Gasteiger partial charge >= 0.3 is 0 Å². The molecule has 6 heteroatoms. The molecule has 0 amide bonds. The fourth-order valence-corrected chi connectivity index (χ4v) is 3.81. The molecule has 0 aliphatic rings. The number of aromatic nitrogens is 2. The molecular formula is C32H31N3O3. The minimum absolute atomic E-state index is 0.0762. The molecule has 0 unspecified atom stereocenters. The molecule has 0 radical (unpaired) electrons. The molecule has 0 aliphatic carbocycles. The molecule has 2 aromatic carbocycles. The summed E-state index contributed by atoms with van der Waals surface area (Å²) >= 11 is 0. The van der Waals surface area contributed by atoms with Crippen molar-refractivity contribution in [2.45, 2.75) is 32.6 Å². The minimum atomic E-state index is -0.406. The number of pyridine rings is 2. The van der Waals surface area contributed by atoms with Crippen molar-refractivity contribution in [2.75, 3.05) is 6.61 Å². The standard InChI is InChI=1S/C32H31N3O3/c1-2-3-4-5-22-38-32-20-10-26(11-21-32)7-15-30-17-13-28(24-34-30)27-12-16-29(33-23-27)14-6-25-8-18-31(19-9-25)35(36)37/h6-21,23-24H,2-5,22H2,1H3/b14-6+,15-7+. The second-order valence-electron chi connectivity index (χ2n) is 8.94. The Kier molecular flexibility index (Phi) is 9.51. The SMILES string of the molecule is CCCCCCOc1ccc(/C=C/c2ccc(-c3ccc(/C=C/c4ccc([N+](=O)[O-])cc4)nc3)cn2)cc1. The summed E-state index contributed by atoms with van der Waals surface area (Å²) in [7, 11) is 0. The van der Waals surface area contributed by atoms with Crippen LogP contribution in [0.1, 0.15) is 55.1 Å². The lowest BCUT2D eigenvalue weighted by Gasteiger charge is -2.06. The summed E-state index contributed by atoms with van der Waals surface area (Å²) in [5.41, 5.74) is 5.68. The summed E-state index contributed by atoms with van der Waals surface area (Å²) < 4.78 is 5.81. The quantitative estimate of drug-likeness (QED) is 0.110. The number of ether oxygens (including phenoxy) is 1. The highest BCUT2D eigenvalue weighted by atomic mass is 16.6. The summed E-state index contributed by atoms with van der Waals surface area (Å²) in [4.78, 5) is 19.4. The maximum absolute atomic E-state index is 10.8. The molecule has 0 bridgehead atoms. The predicted molar refractivity (Wildman–Crippen MR) is 154 cm³/mol. The zero-order valence-corrected chi connectivity index (χ0v) is 21.5. The van der Waals surface area contributed by atoms with Gasteiger partial charge in [0.25, 0.3) is 5.69 Å². The predicted octanol–water partition coefficient (Wildman–Crippen LogP) is 8.35. The average molecular weight is 506 g/mol. The topological polar surface area (TPSA) is 78.2 Å². The summed E-state index contributed by atoms with van der Waals surface area (Å²) in [5.74, 6) is 0.905. The van der Waals surface area contributed by atoms with Crippen LogP contribution in [0.4, 0.5) is 5.69 Å². The van der Waals surface area contributed by atoms with Gasteiger partial charge in [0.15, 0.2) is 0 Å². The Morgan fingerprint density at radius 3 is 1.74 bits per heavy atom. The van der Waals surface area contributed by atoms with Gasteiger partial charge in [-0.1, -0.05) is 62.6 Å². The van der Waals surface area contributed by atoms with Gasteiger partial charge in [-0.05, 0) is 66.1 Å². The third-order valence-electron chi connectivity index (χ3n) is 6.05. The average Bonchev–Trinajstić information content (AvgIpc) is 2.96. The lowest BCUT2D eigenvalue weighted by molar-refractivity contribution is -0.384. The number of rotatable bonds is 12. The third-order valence-corrected chi connectivity index (χ3v) is 6.05. The van der Waals surface area contributed by atoms with Crippen LogP contribution in [0.15, 0.2) is 85.2 Å². The summed E-state index contributed by atoms with van der Waals surface area (Å²) in [6.45, 7) is 2.98. The highest BCUT2D eigenvalue weighted by molar-refractivity contribution is 5.71. The number of non-ortho nitro benzene ring substituents is 1. The Morgan fingerprint density at radius 1 is 0.711 bits per heavy atom. The van der Waals surface area contributed by atoms with Crippen molar-refractivity contribution in [1.29, 1.82) is 0 Å². The van der Waals surface area contributed by atoms with Crippen molar-refractivity contribution < 1.29 is 9.66 Å². The van der Waals surface area contributed by atoms with Gasteiger partial charge in [0, 0.05) is 35.7 Å². The number of nitrogens with zero attached hydrogens (tertiary/aromatic N) is 3. The number of nitro benzene ring substituents is 1. The first kappa shape index (κ1) is 26.5. The van der Waals surface area contributed by atoms with E-state index in [-0.39, 0.29) is 5.69 Å². The molecular weight excluding hydrogens is 474 g/mol. The monoisotopic (exact) mass is 505 g/mol. The fourth-order valence-electron chi connectivity index (χ4n) is 3.81. The fraction of sp³-hybridized carbons (Fsp3) is 0.188. The van der Waals surface area contributed by atoms with Gasteiger partial charge < -0.3 is 4.74 Å². The minimum Gasteiger partial charge on any atom is -0.494 e. The maximum atomic E-state index is 10.8. The summed E-state index contributed by atoms with van der Waals surface area (Å²) in [6.07, 6.45) is 16.3. The molecule has 0 atom stereocenters. The Bertz CT molecular complexity index is 1360. The number of unbranched alkanes of at least 4 members (excludes halogenated alkanes) is 3. The molecule has 6 nitrogen and oxygen atoms in total. The van der Waals surface area contributed by atoms with E-state index in [4.69, 9.17) is 4.74 Å². The van der Waals surface area contributed by atoms with Crippen molar-refractivity contribution >= 4 is 30.0 Å². The molecule has 0 saturated carbocycles. The van der Waals surface area contributed by atoms with E-state index in [2.05, 4.69) is 29.0 Å². The Hall–Kier alpha value is -4.58. The van der Waals surface area contributed by atoms with E-state index in [0.717, 1.165) is 52.4 Å². The van der Waals surface area contributed by atoms with E-state index in [9.17, 15) is 10.1 Å². The summed E-state index contributed by atoms with van der Waals surface area (Å²) in [6, 6.07) is 22.5. The van der Waals surface area contributed by atoms with Crippen LogP contribution in [-0.2, 0) is 0 Å². The van der Waals surface area contributed by atoms with Crippen molar-refractivity contribution in [3.05, 3.63) is 118 Å². The van der Waals surface area contributed by atoms with Crippen molar-refractivity contribution in [2.24, 2.45) is 0 Å². The van der Waals surface area contributed by atoms with E-state index < -0.39 is 4.92 Å². The first-order valence-corrected chi connectivity index (χ1v) is 12.9. The van der Waals surface area contributed by atoms with Crippen LogP contribution < -0.4 is 4.74 Å². The first-order chi connectivity index (χ1) is 18.6. The van der Waals surface area contributed by atoms with Crippen LogP contribution in [-0.4, -0.2) is 21.5 Å². The normalized spacial score (nSPS) is 11.3. The number of hydrogen-bond donors (Lipinski definition) is 0. The zero-order valence-electron chi connectivity index (χ0n) is 21.5. The zero-order chi connectivity index (χ0) is 26.6. The van der Waals surface area contributed by atoms with Gasteiger partial charge in [0.05, 0.1) is 22.9 Å². The molecule has 2 aromatic heterocycles. The molecule has 192 valence electrons. The van der Waals surface area contributed by atoms with Crippen molar-refractivity contribution in [1.82, 2.24) is 9.97 Å². The Morgan fingerprint density at radius 2 is 1.26 bits per heavy atom. The van der Waals surface area contributed by atoms with Crippen LogP contribution in [0.5, 0.6) is 5.75 Å². The third kappa shape index (κ3) is 7.96. The molecule has 0 spiro atoms. The highest BCUT2D eigenvalue weighted by Crippen LogP contribution is 2.20. The molecule has 38 heavy (non-hydrogen) atoms. The lowest BCUT2D eigenvalue weighted by atomic mass is 10.1. The second-order valence-corrected chi connectivity index (χ2v) is 8.94. The van der Waals surface area contributed by atoms with E-state index in [1.165, 1.54) is 31.4 Å². The van der Waals surface area contributed by atoms with E-state index in [1.807, 2.05) is 73.1 Å². The molecule has 0 aliphatic heterocycles. The van der Waals surface area contributed by atoms with E-state index in [0.29, 0.717) is 0 Å². The molecule has 0 N–H and O–H groups in total. The smallest absolute Gasteiger partial charge is 0.269 e. The van der Waals surface area contributed by atoms with Gasteiger partial charge in [-0.3, -0.25) is 20.1 Å². The van der Waals surface area contributed by atoms with E-state index in [1.54, 1.807) is 12.1 Å². The number of benzene rings is 2. The lowest BCUT2D eigenvalue weighted by Crippen LogP contribution is -1.96. The van der Waals surface area contributed by atoms with Crippen molar-refractivity contribution in [3.63, 3.8) is 0 Å². The second kappa shape index (κ2) is 13.7. The highest BCUT2D eigenvalue weighted by Gasteiger charge is 2.03.